The van der Waals surface area contributed by atoms with E-state index in [0.29, 0.717) is 0 Å². The summed E-state index contributed by atoms with van der Waals surface area (Å²) in [5.74, 6) is 0. The number of allylic oxidation sites excluding steroid dienone is 8. The predicted molar refractivity (Wildman–Crippen MR) is 73.5 cm³/mol. The van der Waals surface area contributed by atoms with Gasteiger partial charge in [0.1, 0.15) is 0 Å². The van der Waals surface area contributed by atoms with Crippen molar-refractivity contribution < 1.29 is 56.7 Å². The summed E-state index contributed by atoms with van der Waals surface area (Å²) in [5.41, 5.74) is 0. The fourth-order valence-corrected chi connectivity index (χ4v) is 1.75. The average Bonchev–Trinajstić information content (AvgIpc) is 2.15. The molecular weight excluding hydrogens is 401 g/mol. The first-order valence-corrected chi connectivity index (χ1v) is 6.63. The number of rotatable bonds is 0. The Morgan fingerprint density at radius 3 is 0.800 bits per heavy atom. The molecule has 2 aliphatic carbocycles. The average molecular weight is 426 g/mol. The molecular formula is C16H24Cl3Rh. The van der Waals surface area contributed by atoms with Gasteiger partial charge in [0, 0.05) is 0 Å². The van der Waals surface area contributed by atoms with E-state index >= 15 is 0 Å². The van der Waals surface area contributed by atoms with Crippen molar-refractivity contribution in [1.82, 2.24) is 0 Å². The Kier molecular flexibility index (Phi) is 35.0. The summed E-state index contributed by atoms with van der Waals surface area (Å²) in [6.45, 7) is 0. The van der Waals surface area contributed by atoms with Crippen LogP contribution in [0.2, 0.25) is 0 Å². The fraction of sp³-hybridized carbons (Fsp3) is 0.500. The molecule has 0 bridgehead atoms. The molecule has 0 unspecified atom stereocenters. The van der Waals surface area contributed by atoms with Crippen molar-refractivity contribution in [2.24, 2.45) is 0 Å². The predicted octanol–water partition coefficient (Wildman–Crippen LogP) is -3.64. The van der Waals surface area contributed by atoms with Crippen LogP contribution >= 0.6 is 0 Å². The third-order valence-electron chi connectivity index (χ3n) is 2.75. The van der Waals surface area contributed by atoms with Crippen LogP contribution in [0, 0.1) is 0 Å². The van der Waals surface area contributed by atoms with Crippen molar-refractivity contribution in [3.63, 3.8) is 0 Å². The van der Waals surface area contributed by atoms with Crippen LogP contribution in [0.1, 0.15) is 51.4 Å². The molecule has 0 amide bonds. The molecule has 0 aromatic carbocycles. The van der Waals surface area contributed by atoms with Gasteiger partial charge in [-0.3, -0.25) is 0 Å². The number of hydrogen-bond acceptors (Lipinski definition) is 0. The molecule has 0 fully saturated rings. The quantitative estimate of drug-likeness (QED) is 0.351. The van der Waals surface area contributed by atoms with Crippen LogP contribution in [0.3, 0.4) is 0 Å². The van der Waals surface area contributed by atoms with Gasteiger partial charge in [-0.05, 0) is 51.4 Å². The zero-order valence-corrected chi connectivity index (χ0v) is 15.6. The minimum atomic E-state index is 0. The maximum Gasteiger partial charge on any atom is 3.00 e. The maximum absolute atomic E-state index is 2.23. The smallest absolute Gasteiger partial charge is 1.00 e. The van der Waals surface area contributed by atoms with E-state index in [1.54, 1.807) is 0 Å². The topological polar surface area (TPSA) is 0 Å². The van der Waals surface area contributed by atoms with Gasteiger partial charge in [0.15, 0.2) is 0 Å². The number of hydrogen-bond donors (Lipinski definition) is 0. The van der Waals surface area contributed by atoms with Crippen molar-refractivity contribution in [2.75, 3.05) is 0 Å². The Hall–Kier alpha value is 0.453. The summed E-state index contributed by atoms with van der Waals surface area (Å²) >= 11 is 0. The largest absolute Gasteiger partial charge is 3.00 e. The molecule has 0 saturated carbocycles. The van der Waals surface area contributed by atoms with E-state index < -0.39 is 0 Å². The Morgan fingerprint density at radius 1 is 0.400 bits per heavy atom. The van der Waals surface area contributed by atoms with E-state index in [4.69, 9.17) is 0 Å². The third kappa shape index (κ3) is 20.8. The van der Waals surface area contributed by atoms with Crippen LogP contribution in [0.5, 0.6) is 0 Å². The molecule has 0 saturated heterocycles. The summed E-state index contributed by atoms with van der Waals surface area (Å²) in [5, 5.41) is 0. The normalized spacial score (nSPS) is 16.0. The minimum absolute atomic E-state index is 0. The van der Waals surface area contributed by atoms with E-state index in [1.165, 1.54) is 51.4 Å². The molecule has 0 radical (unpaired) electrons. The van der Waals surface area contributed by atoms with Crippen molar-refractivity contribution in [3.05, 3.63) is 48.6 Å². The molecule has 0 aliphatic heterocycles. The fourth-order valence-electron chi connectivity index (χ4n) is 1.75. The van der Waals surface area contributed by atoms with Gasteiger partial charge in [-0.1, -0.05) is 48.6 Å². The van der Waals surface area contributed by atoms with Crippen LogP contribution in [-0.4, -0.2) is 0 Å². The first kappa shape index (κ1) is 28.6. The van der Waals surface area contributed by atoms with E-state index in [0.717, 1.165) is 0 Å². The van der Waals surface area contributed by atoms with E-state index in [-0.39, 0.29) is 56.7 Å². The van der Waals surface area contributed by atoms with Gasteiger partial charge in [-0.25, -0.2) is 0 Å². The van der Waals surface area contributed by atoms with Crippen LogP contribution in [0.15, 0.2) is 48.6 Å². The van der Waals surface area contributed by atoms with Crippen molar-refractivity contribution in [1.29, 1.82) is 0 Å². The first-order valence-electron chi connectivity index (χ1n) is 6.63. The minimum Gasteiger partial charge on any atom is -1.00 e. The summed E-state index contributed by atoms with van der Waals surface area (Å²) < 4.78 is 0. The molecule has 2 rings (SSSR count). The SMILES string of the molecule is C1=CCCCCC=C1.C1=CCCCCC=C1.[Cl-].[Cl-].[Cl-].[Rh+3]. The standard InChI is InChI=1S/2C8H12.3ClH.Rh/c2*1-2-4-6-8-7-5-3-1;;;;/h2*1-4H,5-8H2;3*1H;/q;;;;;+3/p-3. The van der Waals surface area contributed by atoms with Gasteiger partial charge in [0.2, 0.25) is 0 Å². The number of halogens is 3. The molecule has 0 heterocycles. The van der Waals surface area contributed by atoms with Crippen LogP contribution < -0.4 is 37.2 Å². The molecule has 0 spiro atoms. The molecule has 0 nitrogen and oxygen atoms in total. The molecule has 118 valence electrons. The van der Waals surface area contributed by atoms with E-state index in [2.05, 4.69) is 48.6 Å². The second kappa shape index (κ2) is 24.5. The summed E-state index contributed by atoms with van der Waals surface area (Å²) in [6.07, 6.45) is 28.0. The molecule has 0 aromatic heterocycles. The first-order chi connectivity index (χ1) is 8.00. The zero-order chi connectivity index (χ0) is 11.3. The van der Waals surface area contributed by atoms with E-state index in [1.807, 2.05) is 0 Å². The van der Waals surface area contributed by atoms with Crippen molar-refractivity contribution in [3.8, 4) is 0 Å². The molecule has 20 heavy (non-hydrogen) atoms. The second-order valence-corrected chi connectivity index (χ2v) is 4.28. The van der Waals surface area contributed by atoms with E-state index in [9.17, 15) is 0 Å². The Morgan fingerprint density at radius 2 is 0.600 bits per heavy atom. The van der Waals surface area contributed by atoms with Gasteiger partial charge in [0.05, 0.1) is 0 Å². The summed E-state index contributed by atoms with van der Waals surface area (Å²) in [7, 11) is 0. The third-order valence-corrected chi connectivity index (χ3v) is 2.75. The monoisotopic (exact) mass is 424 g/mol. The van der Waals surface area contributed by atoms with Gasteiger partial charge >= 0.3 is 19.5 Å². The summed E-state index contributed by atoms with van der Waals surface area (Å²) in [6, 6.07) is 0. The van der Waals surface area contributed by atoms with Gasteiger partial charge in [-0.15, -0.1) is 0 Å². The zero-order valence-electron chi connectivity index (χ0n) is 11.7. The summed E-state index contributed by atoms with van der Waals surface area (Å²) in [4.78, 5) is 0. The maximum atomic E-state index is 2.23. The Balaban J connectivity index is -0.000000107. The van der Waals surface area contributed by atoms with Crippen LogP contribution in [-0.2, 0) is 19.5 Å². The molecule has 2 aliphatic rings. The Bertz CT molecular complexity index is 215. The van der Waals surface area contributed by atoms with Gasteiger partial charge in [-0.2, -0.15) is 0 Å². The van der Waals surface area contributed by atoms with Crippen LogP contribution in [0.4, 0.5) is 0 Å². The molecule has 0 N–H and O–H groups in total. The molecule has 0 atom stereocenters. The molecule has 0 aromatic rings. The Labute approximate surface area is 156 Å². The molecule has 4 heteroatoms. The van der Waals surface area contributed by atoms with Crippen molar-refractivity contribution >= 4 is 0 Å². The van der Waals surface area contributed by atoms with Gasteiger partial charge in [0.25, 0.3) is 0 Å². The van der Waals surface area contributed by atoms with Gasteiger partial charge < -0.3 is 37.2 Å². The second-order valence-electron chi connectivity index (χ2n) is 4.28. The van der Waals surface area contributed by atoms with Crippen LogP contribution in [0.25, 0.3) is 0 Å². The van der Waals surface area contributed by atoms with Crippen molar-refractivity contribution in [2.45, 2.75) is 51.4 Å².